The standard InChI is InChI=1S/C12H19N3OS.ClH/c1-8-9(2)17-11(15-8)5-7-14-12(16)10-4-3-6-13-10;/h10,13H,3-7H2,1-2H3,(H,14,16);1H. The summed E-state index contributed by atoms with van der Waals surface area (Å²) in [6, 6.07) is 0.0229. The van der Waals surface area contributed by atoms with Crippen molar-refractivity contribution in [1.29, 1.82) is 0 Å². The highest BCUT2D eigenvalue weighted by molar-refractivity contribution is 7.11. The van der Waals surface area contributed by atoms with Crippen molar-refractivity contribution in [2.75, 3.05) is 13.1 Å². The molecule has 6 heteroatoms. The second-order valence-corrected chi connectivity index (χ2v) is 5.73. The van der Waals surface area contributed by atoms with Crippen molar-refractivity contribution in [2.45, 2.75) is 39.2 Å². The van der Waals surface area contributed by atoms with Crippen molar-refractivity contribution < 1.29 is 4.79 Å². The van der Waals surface area contributed by atoms with Gasteiger partial charge in [0.2, 0.25) is 5.91 Å². The summed E-state index contributed by atoms with van der Waals surface area (Å²) in [5.41, 5.74) is 1.11. The largest absolute Gasteiger partial charge is 0.354 e. The monoisotopic (exact) mass is 289 g/mol. The minimum absolute atomic E-state index is 0. The Bertz CT molecular complexity index is 383. The van der Waals surface area contributed by atoms with E-state index in [-0.39, 0.29) is 24.4 Å². The Labute approximate surface area is 118 Å². The number of carbonyl (C=O) groups is 1. The number of hydrogen-bond acceptors (Lipinski definition) is 4. The maximum Gasteiger partial charge on any atom is 0.237 e. The molecule has 1 aliphatic rings. The zero-order chi connectivity index (χ0) is 12.3. The molecule has 0 aliphatic carbocycles. The Kier molecular flexibility index (Phi) is 6.05. The summed E-state index contributed by atoms with van der Waals surface area (Å²) < 4.78 is 0. The number of nitrogens with zero attached hydrogens (tertiary/aromatic N) is 1. The molecule has 0 saturated carbocycles. The van der Waals surface area contributed by atoms with Crippen LogP contribution in [0, 0.1) is 13.8 Å². The maximum absolute atomic E-state index is 11.7. The van der Waals surface area contributed by atoms with Gasteiger partial charge in [0.05, 0.1) is 16.7 Å². The minimum atomic E-state index is 0. The van der Waals surface area contributed by atoms with Gasteiger partial charge in [0, 0.05) is 17.8 Å². The molecule has 2 N–H and O–H groups in total. The number of carbonyl (C=O) groups excluding carboxylic acids is 1. The van der Waals surface area contributed by atoms with Crippen LogP contribution in [0.1, 0.15) is 28.4 Å². The molecule has 1 saturated heterocycles. The summed E-state index contributed by atoms with van der Waals surface area (Å²) in [6.45, 7) is 5.75. The van der Waals surface area contributed by atoms with Gasteiger partial charge in [0.1, 0.15) is 0 Å². The Morgan fingerprint density at radius 3 is 2.89 bits per heavy atom. The number of aromatic nitrogens is 1. The molecule has 1 unspecified atom stereocenters. The van der Waals surface area contributed by atoms with Gasteiger partial charge in [0.25, 0.3) is 0 Å². The van der Waals surface area contributed by atoms with Crippen LogP contribution in [-0.4, -0.2) is 30.0 Å². The highest BCUT2D eigenvalue weighted by atomic mass is 35.5. The summed E-state index contributed by atoms with van der Waals surface area (Å²) in [4.78, 5) is 17.4. The van der Waals surface area contributed by atoms with E-state index in [1.165, 1.54) is 4.88 Å². The van der Waals surface area contributed by atoms with Crippen LogP contribution in [0.4, 0.5) is 0 Å². The van der Waals surface area contributed by atoms with Crippen molar-refractivity contribution in [3.05, 3.63) is 15.6 Å². The first kappa shape index (κ1) is 15.4. The number of nitrogens with one attached hydrogen (secondary N) is 2. The summed E-state index contributed by atoms with van der Waals surface area (Å²) in [5.74, 6) is 0.132. The Balaban J connectivity index is 0.00000162. The molecule has 1 fully saturated rings. The normalized spacial score (nSPS) is 18.4. The number of amides is 1. The quantitative estimate of drug-likeness (QED) is 0.885. The molecule has 0 aromatic carbocycles. The van der Waals surface area contributed by atoms with Crippen LogP contribution in [0.2, 0.25) is 0 Å². The number of thiazole rings is 1. The first-order valence-electron chi connectivity index (χ1n) is 6.11. The predicted molar refractivity (Wildman–Crippen MR) is 76.6 cm³/mol. The Morgan fingerprint density at radius 1 is 1.56 bits per heavy atom. The van der Waals surface area contributed by atoms with Gasteiger partial charge >= 0.3 is 0 Å². The Hall–Kier alpha value is -0.650. The van der Waals surface area contributed by atoms with E-state index in [0.29, 0.717) is 6.54 Å². The van der Waals surface area contributed by atoms with E-state index in [1.54, 1.807) is 11.3 Å². The van der Waals surface area contributed by atoms with Gasteiger partial charge < -0.3 is 10.6 Å². The fourth-order valence-corrected chi connectivity index (χ4v) is 2.90. The van der Waals surface area contributed by atoms with Crippen LogP contribution in [0.5, 0.6) is 0 Å². The molecule has 1 aromatic rings. The molecular weight excluding hydrogens is 270 g/mol. The lowest BCUT2D eigenvalue weighted by Crippen LogP contribution is -2.41. The molecule has 4 nitrogen and oxygen atoms in total. The summed E-state index contributed by atoms with van der Waals surface area (Å²) >= 11 is 1.72. The number of rotatable bonds is 4. The lowest BCUT2D eigenvalue weighted by atomic mass is 10.2. The van der Waals surface area contributed by atoms with E-state index in [1.807, 2.05) is 6.92 Å². The summed E-state index contributed by atoms with van der Waals surface area (Å²) in [6.07, 6.45) is 2.89. The molecule has 1 aliphatic heterocycles. The van der Waals surface area contributed by atoms with Gasteiger partial charge in [-0.2, -0.15) is 0 Å². The molecule has 0 bridgehead atoms. The van der Waals surface area contributed by atoms with E-state index >= 15 is 0 Å². The highest BCUT2D eigenvalue weighted by Crippen LogP contribution is 2.16. The maximum atomic E-state index is 11.7. The topological polar surface area (TPSA) is 54.0 Å². The fourth-order valence-electron chi connectivity index (χ4n) is 1.97. The van der Waals surface area contributed by atoms with Gasteiger partial charge in [-0.1, -0.05) is 0 Å². The number of halogens is 1. The molecule has 2 heterocycles. The van der Waals surface area contributed by atoms with Crippen molar-refractivity contribution in [3.63, 3.8) is 0 Å². The van der Waals surface area contributed by atoms with Gasteiger partial charge in [-0.25, -0.2) is 4.98 Å². The summed E-state index contributed by atoms with van der Waals surface area (Å²) in [7, 11) is 0. The van der Waals surface area contributed by atoms with Gasteiger partial charge in [0.15, 0.2) is 0 Å². The van der Waals surface area contributed by atoms with E-state index in [0.717, 1.165) is 36.5 Å². The minimum Gasteiger partial charge on any atom is -0.354 e. The zero-order valence-corrected chi connectivity index (χ0v) is 12.4. The molecule has 18 heavy (non-hydrogen) atoms. The highest BCUT2D eigenvalue weighted by Gasteiger charge is 2.21. The summed E-state index contributed by atoms with van der Waals surface area (Å²) in [5, 5.41) is 7.27. The van der Waals surface area contributed by atoms with E-state index < -0.39 is 0 Å². The van der Waals surface area contributed by atoms with Gasteiger partial charge in [-0.05, 0) is 33.2 Å². The SMILES string of the molecule is Cc1nc(CCNC(=O)C2CCCN2)sc1C.Cl. The first-order chi connectivity index (χ1) is 8.16. The van der Waals surface area contributed by atoms with Crippen molar-refractivity contribution in [1.82, 2.24) is 15.6 Å². The second-order valence-electron chi connectivity index (χ2n) is 4.44. The molecule has 1 atom stereocenters. The molecule has 102 valence electrons. The molecule has 1 aromatic heterocycles. The van der Waals surface area contributed by atoms with Crippen molar-refractivity contribution in [3.8, 4) is 0 Å². The van der Waals surface area contributed by atoms with Crippen LogP contribution in [-0.2, 0) is 11.2 Å². The second kappa shape index (κ2) is 7.07. The molecule has 2 rings (SSSR count). The van der Waals surface area contributed by atoms with E-state index in [2.05, 4.69) is 22.5 Å². The average Bonchev–Trinajstić information content (AvgIpc) is 2.90. The van der Waals surface area contributed by atoms with Gasteiger partial charge in [-0.15, -0.1) is 23.7 Å². The number of aryl methyl sites for hydroxylation is 2. The lowest BCUT2D eigenvalue weighted by molar-refractivity contribution is -0.122. The van der Waals surface area contributed by atoms with Crippen LogP contribution in [0.25, 0.3) is 0 Å². The average molecular weight is 290 g/mol. The zero-order valence-electron chi connectivity index (χ0n) is 10.8. The molecule has 0 radical (unpaired) electrons. The van der Waals surface area contributed by atoms with Crippen LogP contribution < -0.4 is 10.6 Å². The molecule has 1 amide bonds. The van der Waals surface area contributed by atoms with Crippen LogP contribution >= 0.6 is 23.7 Å². The van der Waals surface area contributed by atoms with Crippen LogP contribution in [0.15, 0.2) is 0 Å². The fraction of sp³-hybridized carbons (Fsp3) is 0.667. The molecular formula is C12H20ClN3OS. The van der Waals surface area contributed by atoms with Crippen molar-refractivity contribution in [2.24, 2.45) is 0 Å². The smallest absolute Gasteiger partial charge is 0.237 e. The van der Waals surface area contributed by atoms with Crippen LogP contribution in [0.3, 0.4) is 0 Å². The third-order valence-electron chi connectivity index (χ3n) is 3.09. The van der Waals surface area contributed by atoms with Crippen molar-refractivity contribution >= 4 is 29.7 Å². The van der Waals surface area contributed by atoms with Gasteiger partial charge in [-0.3, -0.25) is 4.79 Å². The van der Waals surface area contributed by atoms with E-state index in [9.17, 15) is 4.79 Å². The predicted octanol–water partition coefficient (Wildman–Crippen LogP) is 1.59. The van der Waals surface area contributed by atoms with E-state index in [4.69, 9.17) is 0 Å². The lowest BCUT2D eigenvalue weighted by Gasteiger charge is -2.10. The Morgan fingerprint density at radius 2 is 2.33 bits per heavy atom. The third-order valence-corrected chi connectivity index (χ3v) is 4.22. The number of hydrogen-bond donors (Lipinski definition) is 2. The third kappa shape index (κ3) is 3.93. The molecule has 0 spiro atoms. The first-order valence-corrected chi connectivity index (χ1v) is 6.92.